The summed E-state index contributed by atoms with van der Waals surface area (Å²) in [4.78, 5) is 2.33. The number of anilines is 1. The van der Waals surface area contributed by atoms with Crippen molar-refractivity contribution in [3.63, 3.8) is 0 Å². The highest BCUT2D eigenvalue weighted by molar-refractivity contribution is 6.33. The standard InChI is InChI=1S/C15H20ClN3/c1-2-18-11-12-5-7-19(8-6-12)15-4-3-13(10-17)9-14(15)16/h3-4,9,12,18H,2,5-8,11H2,1H3. The quantitative estimate of drug-likeness (QED) is 0.919. The van der Waals surface area contributed by atoms with E-state index in [0.717, 1.165) is 37.8 Å². The van der Waals surface area contributed by atoms with Gasteiger partial charge in [0.15, 0.2) is 0 Å². The molecular weight excluding hydrogens is 258 g/mol. The van der Waals surface area contributed by atoms with Crippen LogP contribution in [0.25, 0.3) is 0 Å². The maximum atomic E-state index is 8.85. The fraction of sp³-hybridized carbons (Fsp3) is 0.533. The van der Waals surface area contributed by atoms with E-state index >= 15 is 0 Å². The molecule has 2 rings (SSSR count). The first-order valence-electron chi connectivity index (χ1n) is 6.90. The molecule has 0 aromatic heterocycles. The summed E-state index contributed by atoms with van der Waals surface area (Å²) in [5, 5.41) is 13.0. The van der Waals surface area contributed by atoms with Crippen molar-refractivity contribution in [1.29, 1.82) is 5.26 Å². The summed E-state index contributed by atoms with van der Waals surface area (Å²) < 4.78 is 0. The van der Waals surface area contributed by atoms with Crippen molar-refractivity contribution in [2.45, 2.75) is 19.8 Å². The lowest BCUT2D eigenvalue weighted by Gasteiger charge is -2.34. The van der Waals surface area contributed by atoms with Crippen molar-refractivity contribution < 1.29 is 0 Å². The summed E-state index contributed by atoms with van der Waals surface area (Å²) in [5.41, 5.74) is 1.68. The van der Waals surface area contributed by atoms with Crippen LogP contribution >= 0.6 is 11.6 Å². The Kier molecular flexibility index (Phi) is 5.07. The van der Waals surface area contributed by atoms with Gasteiger partial charge in [-0.2, -0.15) is 5.26 Å². The molecule has 0 radical (unpaired) electrons. The Labute approximate surface area is 120 Å². The first kappa shape index (κ1) is 14.2. The van der Waals surface area contributed by atoms with Crippen LogP contribution in [-0.4, -0.2) is 26.2 Å². The molecule has 0 saturated carbocycles. The second kappa shape index (κ2) is 6.79. The summed E-state index contributed by atoms with van der Waals surface area (Å²) in [7, 11) is 0. The normalized spacial score (nSPS) is 16.4. The number of rotatable bonds is 4. The number of halogens is 1. The molecule has 1 saturated heterocycles. The Balaban J connectivity index is 1.96. The summed E-state index contributed by atoms with van der Waals surface area (Å²) in [6.07, 6.45) is 2.40. The van der Waals surface area contributed by atoms with E-state index in [0.29, 0.717) is 10.6 Å². The summed E-state index contributed by atoms with van der Waals surface area (Å²) in [6, 6.07) is 7.67. The summed E-state index contributed by atoms with van der Waals surface area (Å²) in [6.45, 7) is 6.39. The van der Waals surface area contributed by atoms with Crippen LogP contribution in [0.2, 0.25) is 5.02 Å². The number of benzene rings is 1. The van der Waals surface area contributed by atoms with Crippen molar-refractivity contribution in [3.05, 3.63) is 28.8 Å². The van der Waals surface area contributed by atoms with Crippen LogP contribution in [-0.2, 0) is 0 Å². The Hall–Kier alpha value is -1.24. The Bertz CT molecular complexity index is 459. The van der Waals surface area contributed by atoms with Crippen molar-refractivity contribution in [1.82, 2.24) is 5.32 Å². The molecule has 1 aromatic rings. The minimum atomic E-state index is 0.621. The Morgan fingerprint density at radius 1 is 1.42 bits per heavy atom. The Morgan fingerprint density at radius 3 is 2.74 bits per heavy atom. The molecule has 0 atom stereocenters. The van der Waals surface area contributed by atoms with E-state index in [1.54, 1.807) is 6.07 Å². The first-order chi connectivity index (χ1) is 9.24. The molecule has 4 heteroatoms. The van der Waals surface area contributed by atoms with E-state index in [-0.39, 0.29) is 0 Å². The minimum absolute atomic E-state index is 0.621. The molecule has 0 amide bonds. The van der Waals surface area contributed by atoms with Gasteiger partial charge in [0.25, 0.3) is 0 Å². The van der Waals surface area contributed by atoms with Gasteiger partial charge in [0.2, 0.25) is 0 Å². The predicted octanol–water partition coefficient (Wildman–Crippen LogP) is 3.04. The molecule has 1 fully saturated rings. The second-order valence-corrected chi connectivity index (χ2v) is 5.42. The topological polar surface area (TPSA) is 39.1 Å². The van der Waals surface area contributed by atoms with Crippen LogP contribution in [0.1, 0.15) is 25.3 Å². The fourth-order valence-corrected chi connectivity index (χ4v) is 2.86. The van der Waals surface area contributed by atoms with E-state index in [2.05, 4.69) is 23.2 Å². The lowest BCUT2D eigenvalue weighted by atomic mass is 9.96. The van der Waals surface area contributed by atoms with Gasteiger partial charge in [-0.1, -0.05) is 18.5 Å². The highest BCUT2D eigenvalue weighted by Gasteiger charge is 2.20. The highest BCUT2D eigenvalue weighted by atomic mass is 35.5. The number of nitrogens with one attached hydrogen (secondary N) is 1. The van der Waals surface area contributed by atoms with Crippen molar-refractivity contribution in [2.75, 3.05) is 31.1 Å². The summed E-state index contributed by atoms with van der Waals surface area (Å²) >= 11 is 6.26. The van der Waals surface area contributed by atoms with Crippen molar-refractivity contribution in [3.8, 4) is 6.07 Å². The van der Waals surface area contributed by atoms with E-state index in [1.165, 1.54) is 12.8 Å². The van der Waals surface area contributed by atoms with Gasteiger partial charge < -0.3 is 10.2 Å². The zero-order chi connectivity index (χ0) is 13.7. The van der Waals surface area contributed by atoms with Crippen LogP contribution < -0.4 is 10.2 Å². The van der Waals surface area contributed by atoms with Gasteiger partial charge >= 0.3 is 0 Å². The van der Waals surface area contributed by atoms with Gasteiger partial charge in [0, 0.05) is 13.1 Å². The molecule has 0 unspecified atom stereocenters. The van der Waals surface area contributed by atoms with E-state index in [1.807, 2.05) is 12.1 Å². The van der Waals surface area contributed by atoms with Gasteiger partial charge in [-0.05, 0) is 50.0 Å². The van der Waals surface area contributed by atoms with Crippen molar-refractivity contribution in [2.24, 2.45) is 5.92 Å². The second-order valence-electron chi connectivity index (χ2n) is 5.02. The molecule has 102 valence electrons. The predicted molar refractivity (Wildman–Crippen MR) is 79.6 cm³/mol. The molecule has 0 bridgehead atoms. The lowest BCUT2D eigenvalue weighted by Crippen LogP contribution is -2.37. The van der Waals surface area contributed by atoms with Crippen LogP contribution in [0.4, 0.5) is 5.69 Å². The number of hydrogen-bond donors (Lipinski definition) is 1. The number of hydrogen-bond acceptors (Lipinski definition) is 3. The largest absolute Gasteiger partial charge is 0.370 e. The molecular formula is C15H20ClN3. The maximum Gasteiger partial charge on any atom is 0.0992 e. The third-order valence-electron chi connectivity index (χ3n) is 3.72. The van der Waals surface area contributed by atoms with Gasteiger partial charge in [0.05, 0.1) is 22.3 Å². The summed E-state index contributed by atoms with van der Waals surface area (Å²) in [5.74, 6) is 0.772. The average molecular weight is 278 g/mol. The number of nitriles is 1. The van der Waals surface area contributed by atoms with E-state index in [4.69, 9.17) is 16.9 Å². The fourth-order valence-electron chi connectivity index (χ4n) is 2.56. The van der Waals surface area contributed by atoms with Gasteiger partial charge in [-0.3, -0.25) is 0 Å². The molecule has 1 aromatic carbocycles. The number of piperidine rings is 1. The molecule has 0 aliphatic carbocycles. The van der Waals surface area contributed by atoms with Crippen LogP contribution in [0.3, 0.4) is 0 Å². The molecule has 1 heterocycles. The zero-order valence-electron chi connectivity index (χ0n) is 11.3. The van der Waals surface area contributed by atoms with Gasteiger partial charge in [-0.25, -0.2) is 0 Å². The minimum Gasteiger partial charge on any atom is -0.370 e. The molecule has 1 N–H and O–H groups in total. The highest BCUT2D eigenvalue weighted by Crippen LogP contribution is 2.30. The number of nitrogens with zero attached hydrogens (tertiary/aromatic N) is 2. The molecule has 1 aliphatic heterocycles. The van der Waals surface area contributed by atoms with Crippen LogP contribution in [0.5, 0.6) is 0 Å². The maximum absolute atomic E-state index is 8.85. The smallest absolute Gasteiger partial charge is 0.0992 e. The average Bonchev–Trinajstić information content (AvgIpc) is 2.45. The Morgan fingerprint density at radius 2 is 2.16 bits per heavy atom. The van der Waals surface area contributed by atoms with Gasteiger partial charge in [0.1, 0.15) is 0 Å². The van der Waals surface area contributed by atoms with Gasteiger partial charge in [-0.15, -0.1) is 0 Å². The van der Waals surface area contributed by atoms with E-state index in [9.17, 15) is 0 Å². The monoisotopic (exact) mass is 277 g/mol. The van der Waals surface area contributed by atoms with E-state index < -0.39 is 0 Å². The SMILES string of the molecule is CCNCC1CCN(c2ccc(C#N)cc2Cl)CC1. The molecule has 19 heavy (non-hydrogen) atoms. The lowest BCUT2D eigenvalue weighted by molar-refractivity contribution is 0.386. The third kappa shape index (κ3) is 3.62. The first-order valence-corrected chi connectivity index (χ1v) is 7.27. The molecule has 1 aliphatic rings. The zero-order valence-corrected chi connectivity index (χ0v) is 12.1. The third-order valence-corrected chi connectivity index (χ3v) is 4.02. The van der Waals surface area contributed by atoms with Crippen LogP contribution in [0.15, 0.2) is 18.2 Å². The molecule has 3 nitrogen and oxygen atoms in total. The molecule has 0 spiro atoms. The van der Waals surface area contributed by atoms with Crippen molar-refractivity contribution >= 4 is 17.3 Å². The van der Waals surface area contributed by atoms with Crippen LogP contribution in [0, 0.1) is 17.2 Å².